The van der Waals surface area contributed by atoms with Gasteiger partial charge in [-0.2, -0.15) is 5.26 Å². The van der Waals surface area contributed by atoms with Crippen molar-refractivity contribution in [3.8, 4) is 6.07 Å². The van der Waals surface area contributed by atoms with Crippen molar-refractivity contribution >= 4 is 6.09 Å². The van der Waals surface area contributed by atoms with E-state index in [0.717, 1.165) is 12.8 Å². The van der Waals surface area contributed by atoms with Gasteiger partial charge in [0.25, 0.3) is 0 Å². The summed E-state index contributed by atoms with van der Waals surface area (Å²) < 4.78 is 10.9. The molecule has 0 aliphatic carbocycles. The lowest BCUT2D eigenvalue weighted by Crippen LogP contribution is -2.54. The highest BCUT2D eigenvalue weighted by Gasteiger charge is 2.46. The number of alkyl carbamates (subject to hydrolysis) is 1. The number of nitrogens with one attached hydrogen (secondary N) is 1. The molecule has 0 aromatic heterocycles. The number of ether oxygens (including phenoxy) is 2. The molecule has 2 saturated heterocycles. The minimum Gasteiger partial charge on any atom is -0.444 e. The van der Waals surface area contributed by atoms with Crippen LogP contribution in [0, 0.1) is 11.3 Å². The van der Waals surface area contributed by atoms with Crippen LogP contribution in [0.3, 0.4) is 0 Å². The second-order valence-electron chi connectivity index (χ2n) is 6.19. The van der Waals surface area contributed by atoms with Gasteiger partial charge in [-0.3, -0.25) is 0 Å². The smallest absolute Gasteiger partial charge is 0.408 e. The Labute approximate surface area is 107 Å². The molecule has 2 unspecified atom stereocenters. The quantitative estimate of drug-likeness (QED) is 0.776. The van der Waals surface area contributed by atoms with Crippen molar-refractivity contribution in [2.24, 2.45) is 0 Å². The number of carbonyl (C=O) groups is 1. The predicted molar refractivity (Wildman–Crippen MR) is 64.8 cm³/mol. The molecular weight excluding hydrogens is 232 g/mol. The maximum atomic E-state index is 11.8. The monoisotopic (exact) mass is 252 g/mol. The van der Waals surface area contributed by atoms with Crippen LogP contribution < -0.4 is 5.32 Å². The normalized spacial score (nSPS) is 34.8. The molecule has 2 bridgehead atoms. The van der Waals surface area contributed by atoms with E-state index in [1.807, 2.05) is 0 Å². The highest BCUT2D eigenvalue weighted by Crippen LogP contribution is 2.38. The number of nitrogens with zero attached hydrogens (tertiary/aromatic N) is 1. The second-order valence-corrected chi connectivity index (χ2v) is 6.19. The Bertz CT molecular complexity index is 369. The van der Waals surface area contributed by atoms with Crippen molar-refractivity contribution in [1.82, 2.24) is 5.32 Å². The van der Waals surface area contributed by atoms with E-state index in [2.05, 4.69) is 11.4 Å². The minimum atomic E-state index is -0.827. The van der Waals surface area contributed by atoms with E-state index in [0.29, 0.717) is 12.8 Å². The maximum absolute atomic E-state index is 11.8. The molecule has 2 heterocycles. The van der Waals surface area contributed by atoms with Crippen LogP contribution in [0.25, 0.3) is 0 Å². The first-order valence-corrected chi connectivity index (χ1v) is 6.40. The molecule has 5 heteroatoms. The highest BCUT2D eigenvalue weighted by molar-refractivity contribution is 5.69. The van der Waals surface area contributed by atoms with Crippen LogP contribution in [0.1, 0.15) is 46.5 Å². The number of amides is 1. The third kappa shape index (κ3) is 2.94. The highest BCUT2D eigenvalue weighted by atomic mass is 16.6. The fourth-order valence-corrected chi connectivity index (χ4v) is 2.66. The van der Waals surface area contributed by atoms with Gasteiger partial charge in [0.05, 0.1) is 18.3 Å². The van der Waals surface area contributed by atoms with E-state index in [9.17, 15) is 10.1 Å². The molecule has 5 nitrogen and oxygen atoms in total. The second kappa shape index (κ2) is 4.43. The van der Waals surface area contributed by atoms with Crippen molar-refractivity contribution in [2.75, 3.05) is 0 Å². The van der Waals surface area contributed by atoms with E-state index in [1.54, 1.807) is 20.8 Å². The lowest BCUT2D eigenvalue weighted by Gasteiger charge is -2.36. The molecule has 2 fully saturated rings. The minimum absolute atomic E-state index is 0.0957. The zero-order chi connectivity index (χ0) is 13.4. The molecule has 2 aliphatic rings. The van der Waals surface area contributed by atoms with E-state index in [-0.39, 0.29) is 12.2 Å². The van der Waals surface area contributed by atoms with E-state index in [4.69, 9.17) is 9.47 Å². The third-order valence-electron chi connectivity index (χ3n) is 3.30. The van der Waals surface area contributed by atoms with Crippen molar-refractivity contribution in [2.45, 2.75) is 69.8 Å². The van der Waals surface area contributed by atoms with Crippen LogP contribution in [0.2, 0.25) is 0 Å². The van der Waals surface area contributed by atoms with Gasteiger partial charge < -0.3 is 14.8 Å². The van der Waals surface area contributed by atoms with E-state index >= 15 is 0 Å². The Morgan fingerprint density at radius 1 is 1.39 bits per heavy atom. The number of carbonyl (C=O) groups excluding carboxylic acids is 1. The van der Waals surface area contributed by atoms with E-state index in [1.165, 1.54) is 0 Å². The number of rotatable bonds is 1. The summed E-state index contributed by atoms with van der Waals surface area (Å²) in [6.45, 7) is 5.41. The molecule has 0 spiro atoms. The average molecular weight is 252 g/mol. The average Bonchev–Trinajstić information content (AvgIpc) is 2.55. The Morgan fingerprint density at radius 2 is 1.94 bits per heavy atom. The first kappa shape index (κ1) is 13.2. The summed E-state index contributed by atoms with van der Waals surface area (Å²) in [6.07, 6.45) is 2.73. The largest absolute Gasteiger partial charge is 0.444 e. The molecule has 0 aromatic rings. The SMILES string of the molecule is CC(C)(C)OC(=O)NC1(C#N)CC2CCC(C1)O2. The number of fused-ring (bicyclic) bond motifs is 2. The first-order chi connectivity index (χ1) is 8.32. The van der Waals surface area contributed by atoms with Gasteiger partial charge >= 0.3 is 6.09 Å². The van der Waals surface area contributed by atoms with E-state index < -0.39 is 17.2 Å². The Morgan fingerprint density at radius 3 is 2.39 bits per heavy atom. The van der Waals surface area contributed by atoms with Gasteiger partial charge in [-0.25, -0.2) is 4.79 Å². The van der Waals surface area contributed by atoms with Gasteiger partial charge in [0.15, 0.2) is 0 Å². The first-order valence-electron chi connectivity index (χ1n) is 6.40. The Hall–Kier alpha value is -1.28. The van der Waals surface area contributed by atoms with Crippen LogP contribution >= 0.6 is 0 Å². The summed E-state index contributed by atoms with van der Waals surface area (Å²) in [6, 6.07) is 2.24. The molecule has 1 amide bonds. The van der Waals surface area contributed by atoms with Gasteiger partial charge in [-0.1, -0.05) is 0 Å². The lowest BCUT2D eigenvalue weighted by atomic mass is 9.88. The standard InChI is InChI=1S/C13H20N2O3/c1-12(2,3)18-11(16)15-13(8-14)6-9-4-5-10(7-13)17-9/h9-10H,4-7H2,1-3H3,(H,15,16). The van der Waals surface area contributed by atoms with Gasteiger partial charge in [0.2, 0.25) is 0 Å². The van der Waals surface area contributed by atoms with Gasteiger partial charge in [-0.15, -0.1) is 0 Å². The molecule has 1 N–H and O–H groups in total. The van der Waals surface area contributed by atoms with Crippen LogP contribution in [-0.4, -0.2) is 29.4 Å². The van der Waals surface area contributed by atoms with Gasteiger partial charge in [0.1, 0.15) is 11.1 Å². The molecule has 0 radical (unpaired) electrons. The summed E-state index contributed by atoms with van der Waals surface area (Å²) in [5.74, 6) is 0. The summed E-state index contributed by atoms with van der Waals surface area (Å²) in [5, 5.41) is 12.1. The fourth-order valence-electron chi connectivity index (χ4n) is 2.66. The summed E-state index contributed by atoms with van der Waals surface area (Å²) in [7, 11) is 0. The predicted octanol–water partition coefficient (Wildman–Crippen LogP) is 2.11. The molecule has 0 aromatic carbocycles. The Kier molecular flexibility index (Phi) is 3.24. The molecular formula is C13H20N2O3. The van der Waals surface area contributed by atoms with Crippen LogP contribution in [0.5, 0.6) is 0 Å². The van der Waals surface area contributed by atoms with Crippen molar-refractivity contribution in [1.29, 1.82) is 5.26 Å². The third-order valence-corrected chi connectivity index (χ3v) is 3.30. The zero-order valence-electron chi connectivity index (χ0n) is 11.2. The number of hydrogen-bond acceptors (Lipinski definition) is 4. The van der Waals surface area contributed by atoms with Gasteiger partial charge in [0, 0.05) is 12.8 Å². The van der Waals surface area contributed by atoms with Crippen molar-refractivity contribution in [3.05, 3.63) is 0 Å². The zero-order valence-corrected chi connectivity index (χ0v) is 11.2. The summed E-state index contributed by atoms with van der Waals surface area (Å²) in [4.78, 5) is 11.8. The maximum Gasteiger partial charge on any atom is 0.408 e. The van der Waals surface area contributed by atoms with Gasteiger partial charge in [-0.05, 0) is 33.6 Å². The molecule has 100 valence electrons. The molecule has 2 aliphatic heterocycles. The van der Waals surface area contributed by atoms with Crippen LogP contribution in [0.4, 0.5) is 4.79 Å². The molecule has 2 rings (SSSR count). The number of hydrogen-bond donors (Lipinski definition) is 1. The van der Waals surface area contributed by atoms with Crippen molar-refractivity contribution < 1.29 is 14.3 Å². The summed E-state index contributed by atoms with van der Waals surface area (Å²) >= 11 is 0. The number of nitriles is 1. The summed E-state index contributed by atoms with van der Waals surface area (Å²) in [5.41, 5.74) is -1.38. The molecule has 2 atom stereocenters. The van der Waals surface area contributed by atoms with Crippen LogP contribution in [-0.2, 0) is 9.47 Å². The molecule has 0 saturated carbocycles. The molecule has 18 heavy (non-hydrogen) atoms. The van der Waals surface area contributed by atoms with Crippen LogP contribution in [0.15, 0.2) is 0 Å². The van der Waals surface area contributed by atoms with Crippen molar-refractivity contribution in [3.63, 3.8) is 0 Å². The fraction of sp³-hybridized carbons (Fsp3) is 0.846. The topological polar surface area (TPSA) is 71.3 Å². The lowest BCUT2D eigenvalue weighted by molar-refractivity contribution is -0.0273. The Balaban J connectivity index is 2.01.